The Kier molecular flexibility index (Phi) is 4.37. The molecule has 8 heteroatoms. The van der Waals surface area contributed by atoms with Crippen molar-refractivity contribution >= 4 is 38.9 Å². The van der Waals surface area contributed by atoms with Gasteiger partial charge in [-0.3, -0.25) is 14.9 Å². The second kappa shape index (κ2) is 6.04. The molecule has 1 unspecified atom stereocenters. The number of nitrogens with zero attached hydrogens (tertiary/aromatic N) is 2. The highest BCUT2D eigenvalue weighted by atomic mass is 32.1. The smallest absolute Gasteiger partial charge is 0.319 e. The van der Waals surface area contributed by atoms with E-state index in [1.165, 1.54) is 11.3 Å². The first-order valence-corrected chi connectivity index (χ1v) is 7.27. The van der Waals surface area contributed by atoms with Crippen LogP contribution in [0.15, 0.2) is 17.6 Å². The number of hydrogen-bond donors (Lipinski definition) is 2. The zero-order valence-corrected chi connectivity index (χ0v) is 12.4. The van der Waals surface area contributed by atoms with Gasteiger partial charge in [0, 0.05) is 6.54 Å². The minimum absolute atomic E-state index is 0.0722. The monoisotopic (exact) mass is 309 g/mol. The van der Waals surface area contributed by atoms with Gasteiger partial charge in [-0.1, -0.05) is 13.8 Å². The Hall–Kier alpha value is -2.22. The number of rotatable bonds is 6. The van der Waals surface area contributed by atoms with Gasteiger partial charge in [-0.25, -0.2) is 4.98 Å². The highest BCUT2D eigenvalue weighted by Crippen LogP contribution is 2.34. The SMILES string of the molecule is CC(C)C(CNc1ccc2scnc2c1[N+](=O)[O-])C(=O)O. The normalized spacial score (nSPS) is 12.5. The third-order valence-electron chi connectivity index (χ3n) is 3.29. The molecular formula is C13H15N3O4S. The number of thiazole rings is 1. The number of carboxylic acids is 1. The van der Waals surface area contributed by atoms with Crippen LogP contribution in [-0.4, -0.2) is 27.5 Å². The topological polar surface area (TPSA) is 105 Å². The van der Waals surface area contributed by atoms with E-state index >= 15 is 0 Å². The van der Waals surface area contributed by atoms with Crippen molar-refractivity contribution in [1.82, 2.24) is 4.98 Å². The first-order chi connectivity index (χ1) is 9.91. The Morgan fingerprint density at radius 3 is 2.81 bits per heavy atom. The van der Waals surface area contributed by atoms with Crippen molar-refractivity contribution in [3.05, 3.63) is 27.8 Å². The van der Waals surface area contributed by atoms with Crippen molar-refractivity contribution in [1.29, 1.82) is 0 Å². The maximum absolute atomic E-state index is 11.3. The summed E-state index contributed by atoms with van der Waals surface area (Å²) in [6.45, 7) is 3.74. The summed E-state index contributed by atoms with van der Waals surface area (Å²) in [6.07, 6.45) is 0. The molecule has 7 nitrogen and oxygen atoms in total. The van der Waals surface area contributed by atoms with Crippen LogP contribution >= 0.6 is 11.3 Å². The van der Waals surface area contributed by atoms with Gasteiger partial charge >= 0.3 is 11.7 Å². The van der Waals surface area contributed by atoms with E-state index in [0.29, 0.717) is 11.2 Å². The molecule has 2 rings (SSSR count). The quantitative estimate of drug-likeness (QED) is 0.627. The maximum Gasteiger partial charge on any atom is 0.319 e. The summed E-state index contributed by atoms with van der Waals surface area (Å²) < 4.78 is 0.728. The van der Waals surface area contributed by atoms with Crippen molar-refractivity contribution in [2.75, 3.05) is 11.9 Å². The molecule has 2 N–H and O–H groups in total. The number of anilines is 1. The van der Waals surface area contributed by atoms with Gasteiger partial charge in [-0.15, -0.1) is 11.3 Å². The molecule has 0 aliphatic rings. The minimum atomic E-state index is -0.921. The first kappa shape index (κ1) is 15.2. The van der Waals surface area contributed by atoms with E-state index < -0.39 is 16.8 Å². The number of nitro groups is 1. The molecule has 2 aromatic rings. The lowest BCUT2D eigenvalue weighted by atomic mass is 9.96. The summed E-state index contributed by atoms with van der Waals surface area (Å²) in [6, 6.07) is 3.34. The van der Waals surface area contributed by atoms with E-state index in [4.69, 9.17) is 5.11 Å². The molecular weight excluding hydrogens is 294 g/mol. The Balaban J connectivity index is 2.31. The van der Waals surface area contributed by atoms with E-state index in [1.807, 2.05) is 0 Å². The third-order valence-corrected chi connectivity index (χ3v) is 4.09. The van der Waals surface area contributed by atoms with Crippen LogP contribution in [0.2, 0.25) is 0 Å². The maximum atomic E-state index is 11.3. The molecule has 0 aliphatic carbocycles. The highest BCUT2D eigenvalue weighted by Gasteiger charge is 2.24. The molecule has 0 aliphatic heterocycles. The summed E-state index contributed by atoms with van der Waals surface area (Å²) in [5, 5.41) is 23.3. The van der Waals surface area contributed by atoms with Gasteiger partial charge < -0.3 is 10.4 Å². The highest BCUT2D eigenvalue weighted by molar-refractivity contribution is 7.16. The van der Waals surface area contributed by atoms with E-state index in [2.05, 4.69) is 10.3 Å². The minimum Gasteiger partial charge on any atom is -0.481 e. The zero-order chi connectivity index (χ0) is 15.6. The van der Waals surface area contributed by atoms with Crippen molar-refractivity contribution < 1.29 is 14.8 Å². The van der Waals surface area contributed by atoms with Crippen LogP contribution in [0.25, 0.3) is 10.2 Å². The van der Waals surface area contributed by atoms with Crippen molar-refractivity contribution in [2.45, 2.75) is 13.8 Å². The Bertz CT molecular complexity index is 683. The second-order valence-electron chi connectivity index (χ2n) is 4.99. The molecule has 1 atom stereocenters. The number of aromatic nitrogens is 1. The van der Waals surface area contributed by atoms with Gasteiger partial charge in [0.2, 0.25) is 0 Å². The fourth-order valence-corrected chi connectivity index (χ4v) is 2.75. The second-order valence-corrected chi connectivity index (χ2v) is 5.87. The van der Waals surface area contributed by atoms with Crippen LogP contribution < -0.4 is 5.32 Å². The standard InChI is InChI=1S/C13H15N3O4S/c1-7(2)8(13(17)18)5-14-9-3-4-10-11(15-6-21-10)12(9)16(19)20/h3-4,6-8,14H,5H2,1-2H3,(H,17,18). The molecule has 0 spiro atoms. The molecule has 0 amide bonds. The van der Waals surface area contributed by atoms with Crippen LogP contribution in [0, 0.1) is 22.0 Å². The zero-order valence-electron chi connectivity index (χ0n) is 11.6. The lowest BCUT2D eigenvalue weighted by Gasteiger charge is -2.17. The summed E-state index contributed by atoms with van der Waals surface area (Å²) in [5.74, 6) is -1.61. The molecule has 1 heterocycles. The van der Waals surface area contributed by atoms with Gasteiger partial charge in [-0.2, -0.15) is 0 Å². The summed E-state index contributed by atoms with van der Waals surface area (Å²) in [7, 11) is 0. The van der Waals surface area contributed by atoms with Crippen LogP contribution in [-0.2, 0) is 4.79 Å². The van der Waals surface area contributed by atoms with Crippen LogP contribution in [0.1, 0.15) is 13.8 Å². The molecule has 0 bridgehead atoms. The fourth-order valence-electron chi connectivity index (χ4n) is 2.07. The number of carbonyl (C=O) groups is 1. The number of hydrogen-bond acceptors (Lipinski definition) is 6. The summed E-state index contributed by atoms with van der Waals surface area (Å²) in [4.78, 5) is 26.0. The molecule has 112 valence electrons. The van der Waals surface area contributed by atoms with Gasteiger partial charge in [0.15, 0.2) is 5.52 Å². The molecule has 0 radical (unpaired) electrons. The average Bonchev–Trinajstić information content (AvgIpc) is 2.85. The van der Waals surface area contributed by atoms with Gasteiger partial charge in [0.05, 0.1) is 21.1 Å². The molecule has 0 saturated heterocycles. The van der Waals surface area contributed by atoms with Crippen molar-refractivity contribution in [2.24, 2.45) is 11.8 Å². The molecule has 0 fully saturated rings. The number of benzene rings is 1. The molecule has 0 saturated carbocycles. The predicted molar refractivity (Wildman–Crippen MR) is 80.7 cm³/mol. The third kappa shape index (κ3) is 3.10. The van der Waals surface area contributed by atoms with E-state index in [1.54, 1.807) is 31.5 Å². The molecule has 1 aromatic carbocycles. The average molecular weight is 309 g/mol. The van der Waals surface area contributed by atoms with Gasteiger partial charge in [0.25, 0.3) is 0 Å². The Labute approximate surface area is 124 Å². The lowest BCUT2D eigenvalue weighted by Crippen LogP contribution is -2.27. The van der Waals surface area contributed by atoms with E-state index in [0.717, 1.165) is 4.70 Å². The predicted octanol–water partition coefficient (Wildman–Crippen LogP) is 2.97. The molecule has 1 aromatic heterocycles. The summed E-state index contributed by atoms with van der Waals surface area (Å²) >= 11 is 1.32. The molecule has 21 heavy (non-hydrogen) atoms. The number of carboxylic acid groups (broad SMARTS) is 1. The Morgan fingerprint density at radius 1 is 1.52 bits per heavy atom. The largest absolute Gasteiger partial charge is 0.481 e. The summed E-state index contributed by atoms with van der Waals surface area (Å²) in [5.41, 5.74) is 2.06. The van der Waals surface area contributed by atoms with Crippen LogP contribution in [0.5, 0.6) is 0 Å². The van der Waals surface area contributed by atoms with Crippen molar-refractivity contribution in [3.8, 4) is 0 Å². The van der Waals surface area contributed by atoms with Crippen molar-refractivity contribution in [3.63, 3.8) is 0 Å². The fraction of sp³-hybridized carbons (Fsp3) is 0.385. The van der Waals surface area contributed by atoms with Crippen LogP contribution in [0.3, 0.4) is 0 Å². The first-order valence-electron chi connectivity index (χ1n) is 6.39. The number of nitro benzene ring substituents is 1. The number of fused-ring (bicyclic) bond motifs is 1. The lowest BCUT2D eigenvalue weighted by molar-refractivity contribution is -0.382. The number of nitrogens with one attached hydrogen (secondary N) is 1. The van der Waals surface area contributed by atoms with E-state index in [9.17, 15) is 14.9 Å². The Morgan fingerprint density at radius 2 is 2.24 bits per heavy atom. The van der Waals surface area contributed by atoms with Gasteiger partial charge in [-0.05, 0) is 18.1 Å². The van der Waals surface area contributed by atoms with Gasteiger partial charge in [0.1, 0.15) is 5.69 Å². The number of aliphatic carboxylic acids is 1. The van der Waals surface area contributed by atoms with Crippen LogP contribution in [0.4, 0.5) is 11.4 Å². The van der Waals surface area contributed by atoms with E-state index in [-0.39, 0.29) is 18.2 Å².